The predicted octanol–water partition coefficient (Wildman–Crippen LogP) is 3.64. The van der Waals surface area contributed by atoms with Crippen molar-refractivity contribution in [3.05, 3.63) is 82.7 Å². The number of anilines is 1. The minimum Gasteiger partial charge on any atom is -0.358 e. The molecule has 0 saturated heterocycles. The van der Waals surface area contributed by atoms with Gasteiger partial charge in [-0.15, -0.1) is 0 Å². The lowest BCUT2D eigenvalue weighted by atomic mass is 10.2. The fourth-order valence-electron chi connectivity index (χ4n) is 3.54. The fourth-order valence-corrected chi connectivity index (χ4v) is 3.54. The highest BCUT2D eigenvalue weighted by Gasteiger charge is 2.23. The molecule has 0 amide bonds. The Balaban J connectivity index is 1.75. The molecule has 0 saturated carbocycles. The maximum atomic E-state index is 14.7. The van der Waals surface area contributed by atoms with Crippen molar-refractivity contribution in [3.8, 4) is 5.69 Å². The third-order valence-corrected chi connectivity index (χ3v) is 5.00. The molecular formula is C21H14F3N7O. The van der Waals surface area contributed by atoms with Crippen LogP contribution in [-0.2, 0) is 0 Å². The first kappa shape index (κ1) is 19.7. The third-order valence-electron chi connectivity index (χ3n) is 5.00. The highest BCUT2D eigenvalue weighted by atomic mass is 19.2. The normalized spacial score (nSPS) is 12.4. The largest absolute Gasteiger partial charge is 0.358 e. The average molecular weight is 437 g/mol. The molecule has 160 valence electrons. The van der Waals surface area contributed by atoms with Crippen LogP contribution in [0, 0.1) is 17.5 Å². The van der Waals surface area contributed by atoms with Gasteiger partial charge in [-0.25, -0.2) is 33.1 Å². The first-order chi connectivity index (χ1) is 15.5. The van der Waals surface area contributed by atoms with Crippen molar-refractivity contribution in [2.45, 2.75) is 13.0 Å². The number of hydrogen-bond acceptors (Lipinski definition) is 6. The molecule has 0 aliphatic heterocycles. The number of aromatic nitrogens is 6. The number of rotatable bonds is 4. The molecule has 8 nitrogen and oxygen atoms in total. The highest BCUT2D eigenvalue weighted by Crippen LogP contribution is 2.25. The van der Waals surface area contributed by atoms with E-state index in [-0.39, 0.29) is 22.4 Å². The van der Waals surface area contributed by atoms with Crippen molar-refractivity contribution in [3.63, 3.8) is 0 Å². The van der Waals surface area contributed by atoms with Crippen molar-refractivity contribution in [1.82, 2.24) is 29.5 Å². The Morgan fingerprint density at radius 3 is 2.66 bits per heavy atom. The van der Waals surface area contributed by atoms with Gasteiger partial charge in [0.25, 0.3) is 5.56 Å². The van der Waals surface area contributed by atoms with Crippen LogP contribution in [0.4, 0.5) is 19.0 Å². The number of benzene rings is 2. The fraction of sp³-hybridized carbons (Fsp3) is 0.0952. The molecule has 1 atom stereocenters. The Hall–Kier alpha value is -4.28. The van der Waals surface area contributed by atoms with Crippen LogP contribution < -0.4 is 10.9 Å². The van der Waals surface area contributed by atoms with Crippen molar-refractivity contribution in [1.29, 1.82) is 0 Å². The molecule has 0 aliphatic rings. The van der Waals surface area contributed by atoms with E-state index < -0.39 is 29.1 Å². The molecule has 3 heterocycles. The summed E-state index contributed by atoms with van der Waals surface area (Å²) in [7, 11) is 0. The molecule has 5 aromatic rings. The summed E-state index contributed by atoms with van der Waals surface area (Å²) in [5, 5.41) is 2.74. The highest BCUT2D eigenvalue weighted by molar-refractivity contribution is 5.82. The van der Waals surface area contributed by atoms with Crippen LogP contribution >= 0.6 is 0 Å². The van der Waals surface area contributed by atoms with Gasteiger partial charge in [-0.3, -0.25) is 9.36 Å². The van der Waals surface area contributed by atoms with E-state index in [2.05, 4.69) is 30.2 Å². The van der Waals surface area contributed by atoms with E-state index >= 15 is 0 Å². The van der Waals surface area contributed by atoms with Gasteiger partial charge in [-0.05, 0) is 31.2 Å². The summed E-state index contributed by atoms with van der Waals surface area (Å²) in [6.45, 7) is 1.65. The topological polar surface area (TPSA) is 101 Å². The molecule has 0 fully saturated rings. The number of halogens is 3. The molecule has 0 aliphatic carbocycles. The maximum absolute atomic E-state index is 14.7. The first-order valence-electron chi connectivity index (χ1n) is 9.52. The summed E-state index contributed by atoms with van der Waals surface area (Å²) < 4.78 is 44.0. The van der Waals surface area contributed by atoms with Gasteiger partial charge in [0.2, 0.25) is 0 Å². The van der Waals surface area contributed by atoms with Crippen LogP contribution in [0.5, 0.6) is 0 Å². The van der Waals surface area contributed by atoms with Crippen molar-refractivity contribution in [2.24, 2.45) is 0 Å². The standard InChI is InChI=1S/C21H14F3N7O/c1-10(29-19-17-18(26-8-25-17)27-9-28-19)20-30-13-6-2-4-11(22)15(13)21(32)31(20)14-7-3-5-12(23)16(14)24/h2-10H,1H3,(H2,25,26,27,28,29)/t10-/m1/s1. The Bertz CT molecular complexity index is 1550. The molecule has 11 heteroatoms. The summed E-state index contributed by atoms with van der Waals surface area (Å²) in [5.41, 5.74) is -0.245. The molecule has 5 rings (SSSR count). The molecule has 32 heavy (non-hydrogen) atoms. The zero-order valence-corrected chi connectivity index (χ0v) is 16.5. The van der Waals surface area contributed by atoms with Gasteiger partial charge in [-0.1, -0.05) is 12.1 Å². The Morgan fingerprint density at radius 2 is 1.81 bits per heavy atom. The van der Waals surface area contributed by atoms with Crippen LogP contribution in [-0.4, -0.2) is 29.5 Å². The number of fused-ring (bicyclic) bond motifs is 2. The summed E-state index contributed by atoms with van der Waals surface area (Å²) >= 11 is 0. The lowest BCUT2D eigenvalue weighted by molar-refractivity contribution is 0.501. The predicted molar refractivity (Wildman–Crippen MR) is 111 cm³/mol. The van der Waals surface area contributed by atoms with Crippen LogP contribution in [0.25, 0.3) is 27.8 Å². The van der Waals surface area contributed by atoms with E-state index in [9.17, 15) is 18.0 Å². The molecule has 2 aromatic carbocycles. The van der Waals surface area contributed by atoms with E-state index in [0.29, 0.717) is 17.0 Å². The molecule has 3 aromatic heterocycles. The van der Waals surface area contributed by atoms with Crippen molar-refractivity contribution >= 4 is 27.9 Å². The Labute approximate surface area is 177 Å². The number of H-pyrrole nitrogens is 1. The first-order valence-corrected chi connectivity index (χ1v) is 9.52. The van der Waals surface area contributed by atoms with Crippen LogP contribution in [0.1, 0.15) is 18.8 Å². The lowest BCUT2D eigenvalue weighted by Gasteiger charge is -2.20. The third kappa shape index (κ3) is 3.06. The quantitative estimate of drug-likeness (QED) is 0.445. The molecule has 0 unspecified atom stereocenters. The second-order valence-electron chi connectivity index (χ2n) is 7.01. The molecule has 0 spiro atoms. The van der Waals surface area contributed by atoms with E-state index in [0.717, 1.165) is 16.7 Å². The number of nitrogens with zero attached hydrogens (tertiary/aromatic N) is 5. The minimum atomic E-state index is -1.25. The zero-order chi connectivity index (χ0) is 22.4. The summed E-state index contributed by atoms with van der Waals surface area (Å²) in [6, 6.07) is 6.65. The van der Waals surface area contributed by atoms with Gasteiger partial charge in [0.05, 0.1) is 23.6 Å². The molecule has 2 N–H and O–H groups in total. The monoisotopic (exact) mass is 437 g/mol. The minimum absolute atomic E-state index is 0.0277. The maximum Gasteiger partial charge on any atom is 0.269 e. The summed E-state index contributed by atoms with van der Waals surface area (Å²) in [4.78, 5) is 32.9. The van der Waals surface area contributed by atoms with Crippen LogP contribution in [0.15, 0.2) is 53.8 Å². The Kier molecular flexibility index (Phi) is 4.58. The molecule has 0 bridgehead atoms. The SMILES string of the molecule is C[C@@H](Nc1ncnc2[nH]cnc12)c1nc2cccc(F)c2c(=O)n1-c1cccc(F)c1F. The van der Waals surface area contributed by atoms with Gasteiger partial charge < -0.3 is 10.3 Å². The average Bonchev–Trinajstić information content (AvgIpc) is 3.26. The number of aromatic amines is 1. The van der Waals surface area contributed by atoms with Gasteiger partial charge >= 0.3 is 0 Å². The van der Waals surface area contributed by atoms with E-state index in [1.165, 1.54) is 36.9 Å². The van der Waals surface area contributed by atoms with Gasteiger partial charge in [-0.2, -0.15) is 0 Å². The molecule has 0 radical (unpaired) electrons. The van der Waals surface area contributed by atoms with E-state index in [1.807, 2.05) is 0 Å². The number of hydrogen-bond donors (Lipinski definition) is 2. The van der Waals surface area contributed by atoms with E-state index in [1.54, 1.807) is 6.92 Å². The zero-order valence-electron chi connectivity index (χ0n) is 16.5. The van der Waals surface area contributed by atoms with Crippen molar-refractivity contribution in [2.75, 3.05) is 5.32 Å². The van der Waals surface area contributed by atoms with Gasteiger partial charge in [0, 0.05) is 0 Å². The van der Waals surface area contributed by atoms with Crippen molar-refractivity contribution < 1.29 is 13.2 Å². The summed E-state index contributed by atoms with van der Waals surface area (Å²) in [5.74, 6) is -2.85. The van der Waals surface area contributed by atoms with Crippen LogP contribution in [0.2, 0.25) is 0 Å². The van der Waals surface area contributed by atoms with Gasteiger partial charge in [0.1, 0.15) is 28.9 Å². The lowest BCUT2D eigenvalue weighted by Crippen LogP contribution is -2.29. The number of nitrogens with one attached hydrogen (secondary N) is 2. The second-order valence-corrected chi connectivity index (χ2v) is 7.01. The second kappa shape index (κ2) is 7.45. The smallest absolute Gasteiger partial charge is 0.269 e. The summed E-state index contributed by atoms with van der Waals surface area (Å²) in [6.07, 6.45) is 2.77. The van der Waals surface area contributed by atoms with E-state index in [4.69, 9.17) is 0 Å². The van der Waals surface area contributed by atoms with Gasteiger partial charge in [0.15, 0.2) is 23.1 Å². The number of imidazole rings is 1. The Morgan fingerprint density at radius 1 is 1.03 bits per heavy atom. The molecular weight excluding hydrogens is 423 g/mol. The van der Waals surface area contributed by atoms with Crippen LogP contribution in [0.3, 0.4) is 0 Å².